The first-order valence-electron chi connectivity index (χ1n) is 11.5. The number of hydrogen-bond acceptors (Lipinski definition) is 4. The van der Waals surface area contributed by atoms with Gasteiger partial charge in [0.1, 0.15) is 5.75 Å². The average Bonchev–Trinajstić information content (AvgIpc) is 3.17. The van der Waals surface area contributed by atoms with Gasteiger partial charge in [-0.3, -0.25) is 4.79 Å². The van der Waals surface area contributed by atoms with Crippen LogP contribution in [0.1, 0.15) is 51.5 Å². The smallest absolute Gasteiger partial charge is 0.257 e. The van der Waals surface area contributed by atoms with Gasteiger partial charge < -0.3 is 20.1 Å². The van der Waals surface area contributed by atoms with Gasteiger partial charge in [0.25, 0.3) is 5.91 Å². The number of nitrogens with zero attached hydrogens (tertiary/aromatic N) is 1. The van der Waals surface area contributed by atoms with Crippen LogP contribution in [0, 0.1) is 17.8 Å². The molecule has 2 saturated carbocycles. The molecule has 0 radical (unpaired) electrons. The van der Waals surface area contributed by atoms with E-state index in [1.807, 2.05) is 24.3 Å². The fourth-order valence-corrected chi connectivity index (χ4v) is 5.55. The minimum absolute atomic E-state index is 0.0231. The molecule has 3 aliphatic rings. The molecule has 1 aromatic carbocycles. The van der Waals surface area contributed by atoms with Crippen molar-refractivity contribution in [3.63, 3.8) is 0 Å². The van der Waals surface area contributed by atoms with Crippen molar-refractivity contribution in [2.24, 2.45) is 17.8 Å². The van der Waals surface area contributed by atoms with Gasteiger partial charge in [-0.1, -0.05) is 36.6 Å². The van der Waals surface area contributed by atoms with Gasteiger partial charge in [0.2, 0.25) is 0 Å². The van der Waals surface area contributed by atoms with E-state index in [-0.39, 0.29) is 17.9 Å². The van der Waals surface area contributed by atoms with Crippen LogP contribution in [0.25, 0.3) is 0 Å². The molecule has 3 unspecified atom stereocenters. The molecule has 1 aromatic rings. The number of nitrogens with one attached hydrogen (secondary N) is 1. The molecule has 0 spiro atoms. The number of rotatable bonds is 8. The van der Waals surface area contributed by atoms with E-state index in [2.05, 4.69) is 30.1 Å². The predicted octanol–water partition coefficient (Wildman–Crippen LogP) is 3.48. The number of amides is 1. The van der Waals surface area contributed by atoms with E-state index < -0.39 is 5.60 Å². The first-order chi connectivity index (χ1) is 14.4. The first kappa shape index (κ1) is 21.4. The van der Waals surface area contributed by atoms with Crippen LogP contribution in [0.3, 0.4) is 0 Å². The number of ether oxygens (including phenoxy) is 1. The maximum Gasteiger partial charge on any atom is 0.257 e. The largest absolute Gasteiger partial charge is 0.497 e. The Morgan fingerprint density at radius 2 is 1.83 bits per heavy atom. The minimum Gasteiger partial charge on any atom is -0.497 e. The lowest BCUT2D eigenvalue weighted by Gasteiger charge is -2.34. The second-order valence-corrected chi connectivity index (χ2v) is 9.63. The average molecular weight is 413 g/mol. The Morgan fingerprint density at radius 3 is 2.40 bits per heavy atom. The summed E-state index contributed by atoms with van der Waals surface area (Å²) in [6.07, 6.45) is 7.33. The van der Waals surface area contributed by atoms with Gasteiger partial charge in [-0.15, -0.1) is 0 Å². The van der Waals surface area contributed by atoms with Crippen molar-refractivity contribution in [2.75, 3.05) is 26.7 Å². The lowest BCUT2D eigenvalue weighted by Crippen LogP contribution is -2.51. The Bertz CT molecular complexity index is 768. The molecule has 2 N–H and O–H groups in total. The standard InChI is InChI=1S/C25H36N2O3/c1-17(2)7-6-14-27-15-21-22(16-27)23(21)26-24(28)25(29,18-8-4-5-9-18)19-10-12-20(30-3)13-11-19/h7,10-13,18,21-23,29H,4-6,8-9,14-16H2,1-3H3,(H,26,28)/t21-,22?,23?,25?/m0/s1. The summed E-state index contributed by atoms with van der Waals surface area (Å²) in [5.74, 6) is 1.56. The van der Waals surface area contributed by atoms with Gasteiger partial charge in [0.15, 0.2) is 5.60 Å². The molecular weight excluding hydrogens is 376 g/mol. The normalized spacial score (nSPS) is 27.9. The summed E-state index contributed by atoms with van der Waals surface area (Å²) < 4.78 is 5.25. The van der Waals surface area contributed by atoms with Crippen LogP contribution in [-0.4, -0.2) is 48.7 Å². The van der Waals surface area contributed by atoms with Crippen LogP contribution < -0.4 is 10.1 Å². The Kier molecular flexibility index (Phi) is 6.21. The summed E-state index contributed by atoms with van der Waals surface area (Å²) >= 11 is 0. The molecule has 4 atom stereocenters. The summed E-state index contributed by atoms with van der Waals surface area (Å²) in [4.78, 5) is 15.9. The van der Waals surface area contributed by atoms with Gasteiger partial charge in [0, 0.05) is 31.6 Å². The van der Waals surface area contributed by atoms with Crippen molar-refractivity contribution in [1.82, 2.24) is 10.2 Å². The van der Waals surface area contributed by atoms with Gasteiger partial charge in [-0.25, -0.2) is 0 Å². The third-order valence-electron chi connectivity index (χ3n) is 7.39. The molecule has 0 aromatic heterocycles. The minimum atomic E-state index is -1.46. The van der Waals surface area contributed by atoms with Crippen molar-refractivity contribution < 1.29 is 14.6 Å². The van der Waals surface area contributed by atoms with E-state index in [0.717, 1.165) is 57.5 Å². The Labute approximate surface area is 180 Å². The second kappa shape index (κ2) is 8.72. The molecule has 1 saturated heterocycles. The lowest BCUT2D eigenvalue weighted by molar-refractivity contribution is -0.147. The second-order valence-electron chi connectivity index (χ2n) is 9.63. The van der Waals surface area contributed by atoms with Crippen LogP contribution in [0.4, 0.5) is 0 Å². The SMILES string of the molecule is COc1ccc(C(O)(C(=O)NC2C3CN(CCC=C(C)C)C[C@@H]32)C2CCCC2)cc1. The summed E-state index contributed by atoms with van der Waals surface area (Å²) in [6.45, 7) is 7.48. The van der Waals surface area contributed by atoms with Crippen molar-refractivity contribution in [3.8, 4) is 5.75 Å². The number of piperidine rings is 1. The lowest BCUT2D eigenvalue weighted by atomic mass is 9.79. The van der Waals surface area contributed by atoms with Gasteiger partial charge >= 0.3 is 0 Å². The molecule has 30 heavy (non-hydrogen) atoms. The Hall–Kier alpha value is -1.85. The van der Waals surface area contributed by atoms with Gasteiger partial charge in [0.05, 0.1) is 7.11 Å². The number of carbonyl (C=O) groups excluding carboxylic acids is 1. The molecule has 1 aliphatic heterocycles. The summed E-state index contributed by atoms with van der Waals surface area (Å²) in [7, 11) is 1.62. The van der Waals surface area contributed by atoms with Crippen LogP contribution >= 0.6 is 0 Å². The molecule has 5 heteroatoms. The maximum atomic E-state index is 13.4. The number of fused-ring (bicyclic) bond motifs is 1. The van der Waals surface area contributed by atoms with Crippen LogP contribution in [0.15, 0.2) is 35.9 Å². The molecule has 3 fully saturated rings. The molecule has 5 nitrogen and oxygen atoms in total. The highest BCUT2D eigenvalue weighted by Gasteiger charge is 2.58. The fraction of sp³-hybridized carbons (Fsp3) is 0.640. The highest BCUT2D eigenvalue weighted by molar-refractivity contribution is 5.87. The third kappa shape index (κ3) is 4.15. The Morgan fingerprint density at radius 1 is 1.20 bits per heavy atom. The molecule has 1 heterocycles. The number of aliphatic hydroxyl groups is 1. The Balaban J connectivity index is 1.40. The van der Waals surface area contributed by atoms with E-state index in [0.29, 0.717) is 17.4 Å². The molecule has 2 aliphatic carbocycles. The molecule has 4 rings (SSSR count). The number of benzene rings is 1. The molecule has 0 bridgehead atoms. The number of carbonyl (C=O) groups is 1. The zero-order valence-corrected chi connectivity index (χ0v) is 18.6. The van der Waals surface area contributed by atoms with Crippen molar-refractivity contribution in [1.29, 1.82) is 0 Å². The molecular formula is C25H36N2O3. The number of methoxy groups -OCH3 is 1. The van der Waals surface area contributed by atoms with Gasteiger partial charge in [-0.2, -0.15) is 0 Å². The fourth-order valence-electron chi connectivity index (χ4n) is 5.55. The van der Waals surface area contributed by atoms with Crippen molar-refractivity contribution >= 4 is 5.91 Å². The molecule has 164 valence electrons. The predicted molar refractivity (Wildman–Crippen MR) is 118 cm³/mol. The van der Waals surface area contributed by atoms with E-state index in [1.165, 1.54) is 5.57 Å². The van der Waals surface area contributed by atoms with Gasteiger partial charge in [-0.05, 0) is 62.6 Å². The number of allylic oxidation sites excluding steroid dienone is 1. The zero-order chi connectivity index (χ0) is 21.3. The summed E-state index contributed by atoms with van der Waals surface area (Å²) in [5.41, 5.74) is 0.596. The first-order valence-corrected chi connectivity index (χ1v) is 11.5. The van der Waals surface area contributed by atoms with Crippen molar-refractivity contribution in [3.05, 3.63) is 41.5 Å². The topological polar surface area (TPSA) is 61.8 Å². The summed E-state index contributed by atoms with van der Waals surface area (Å²) in [5, 5.41) is 14.9. The van der Waals surface area contributed by atoms with Crippen LogP contribution in [-0.2, 0) is 10.4 Å². The summed E-state index contributed by atoms with van der Waals surface area (Å²) in [6, 6.07) is 7.56. The quantitative estimate of drug-likeness (QED) is 0.642. The maximum absolute atomic E-state index is 13.4. The van der Waals surface area contributed by atoms with E-state index in [9.17, 15) is 9.90 Å². The number of likely N-dealkylation sites (tertiary alicyclic amines) is 1. The van der Waals surface area contributed by atoms with Crippen LogP contribution in [0.2, 0.25) is 0 Å². The van der Waals surface area contributed by atoms with E-state index >= 15 is 0 Å². The third-order valence-corrected chi connectivity index (χ3v) is 7.39. The number of hydrogen-bond donors (Lipinski definition) is 2. The highest BCUT2D eigenvalue weighted by atomic mass is 16.5. The highest BCUT2D eigenvalue weighted by Crippen LogP contribution is 2.47. The van der Waals surface area contributed by atoms with E-state index in [4.69, 9.17) is 4.74 Å². The van der Waals surface area contributed by atoms with Crippen LogP contribution in [0.5, 0.6) is 5.75 Å². The van der Waals surface area contributed by atoms with Crippen molar-refractivity contribution in [2.45, 2.75) is 57.6 Å². The zero-order valence-electron chi connectivity index (χ0n) is 18.6. The monoisotopic (exact) mass is 412 g/mol. The van der Waals surface area contributed by atoms with E-state index in [1.54, 1.807) is 7.11 Å². The molecule has 1 amide bonds.